The number of carbonyl (C=O) groups excluding carboxylic acids is 1. The molecule has 0 radical (unpaired) electrons. The molecule has 0 aromatic carbocycles. The Morgan fingerprint density at radius 2 is 1.26 bits per heavy atom. The summed E-state index contributed by atoms with van der Waals surface area (Å²) in [6, 6.07) is 2.84. The van der Waals surface area contributed by atoms with Gasteiger partial charge in [-0.25, -0.2) is 19.6 Å². The predicted octanol–water partition coefficient (Wildman–Crippen LogP) is 3.24. The smallest absolute Gasteiger partial charge is 0.356 e. The van der Waals surface area contributed by atoms with Crippen molar-refractivity contribution in [2.75, 3.05) is 34.5 Å². The van der Waals surface area contributed by atoms with Crippen molar-refractivity contribution in [1.82, 2.24) is 9.97 Å². The van der Waals surface area contributed by atoms with Gasteiger partial charge >= 0.3 is 11.9 Å². The van der Waals surface area contributed by atoms with Gasteiger partial charge in [0.15, 0.2) is 34.4 Å². The van der Waals surface area contributed by atoms with Gasteiger partial charge in [0.05, 0.1) is 46.9 Å². The third-order valence-corrected chi connectivity index (χ3v) is 3.64. The summed E-state index contributed by atoms with van der Waals surface area (Å²) in [5.74, 6) is 0.261. The summed E-state index contributed by atoms with van der Waals surface area (Å²) in [6.45, 7) is 5.11. The Labute approximate surface area is 181 Å². The molecule has 0 spiro atoms. The first-order valence-electron chi connectivity index (χ1n) is 9.56. The second kappa shape index (κ2) is 13.6. The minimum Gasteiger partial charge on any atom is -0.493 e. The van der Waals surface area contributed by atoms with Gasteiger partial charge in [-0.2, -0.15) is 0 Å². The van der Waals surface area contributed by atoms with Crippen molar-refractivity contribution in [2.24, 2.45) is 0 Å². The highest BCUT2D eigenvalue weighted by Gasteiger charge is 2.13. The van der Waals surface area contributed by atoms with E-state index < -0.39 is 11.9 Å². The molecular formula is C21H28N2O8. The number of esters is 1. The number of hydrogen-bond donors (Lipinski definition) is 1. The first-order chi connectivity index (χ1) is 14.9. The van der Waals surface area contributed by atoms with Crippen molar-refractivity contribution in [3.05, 3.63) is 35.9 Å². The zero-order chi connectivity index (χ0) is 23.2. The Hall–Kier alpha value is -3.56. The molecule has 2 aromatic heterocycles. The average molecular weight is 436 g/mol. The van der Waals surface area contributed by atoms with Gasteiger partial charge in [0.1, 0.15) is 0 Å². The highest BCUT2D eigenvalue weighted by atomic mass is 16.5. The van der Waals surface area contributed by atoms with Crippen LogP contribution in [0.4, 0.5) is 0 Å². The van der Waals surface area contributed by atoms with Crippen LogP contribution in [0.1, 0.15) is 47.7 Å². The van der Waals surface area contributed by atoms with E-state index in [2.05, 4.69) is 14.7 Å². The Morgan fingerprint density at radius 1 is 0.806 bits per heavy atom. The predicted molar refractivity (Wildman–Crippen MR) is 111 cm³/mol. The molecule has 2 aromatic rings. The zero-order valence-electron chi connectivity index (χ0n) is 18.3. The number of pyridine rings is 2. The number of carboxylic acid groups (broad SMARTS) is 1. The molecule has 0 aliphatic carbocycles. The SMILES string of the molecule is CCCOc1cnc(C(=O)O)cc1OC.CCCOc1cnc(C(=O)OC)cc1OC. The van der Waals surface area contributed by atoms with Crippen LogP contribution in [0.3, 0.4) is 0 Å². The fraction of sp³-hybridized carbons (Fsp3) is 0.429. The lowest BCUT2D eigenvalue weighted by Crippen LogP contribution is -2.06. The Kier molecular flexibility index (Phi) is 11.2. The monoisotopic (exact) mass is 436 g/mol. The molecule has 2 heterocycles. The first kappa shape index (κ1) is 25.5. The van der Waals surface area contributed by atoms with E-state index in [4.69, 9.17) is 24.1 Å². The van der Waals surface area contributed by atoms with E-state index >= 15 is 0 Å². The molecule has 10 nitrogen and oxygen atoms in total. The van der Waals surface area contributed by atoms with Gasteiger partial charge in [0.25, 0.3) is 0 Å². The van der Waals surface area contributed by atoms with Crippen molar-refractivity contribution >= 4 is 11.9 Å². The Balaban J connectivity index is 0.000000311. The van der Waals surface area contributed by atoms with E-state index in [-0.39, 0.29) is 11.4 Å². The van der Waals surface area contributed by atoms with E-state index in [0.29, 0.717) is 36.2 Å². The minimum atomic E-state index is -1.09. The standard InChI is InChI=1S/C11H15NO4.C10H13NO4/c1-4-5-16-10-7-12-8(11(13)15-3)6-9(10)14-2;1-3-4-15-9-6-11-7(10(12)13)5-8(9)14-2/h6-7H,4-5H2,1-3H3;5-6H,3-4H2,1-2H3,(H,12,13). The molecule has 10 heteroatoms. The third kappa shape index (κ3) is 8.00. The number of methoxy groups -OCH3 is 3. The van der Waals surface area contributed by atoms with Crippen LogP contribution in [0.25, 0.3) is 0 Å². The number of ether oxygens (including phenoxy) is 5. The maximum atomic E-state index is 11.2. The number of rotatable bonds is 10. The van der Waals surface area contributed by atoms with Crippen LogP contribution < -0.4 is 18.9 Å². The van der Waals surface area contributed by atoms with Gasteiger partial charge in [-0.1, -0.05) is 13.8 Å². The summed E-state index contributed by atoms with van der Waals surface area (Å²) in [5.41, 5.74) is 0.138. The normalized spacial score (nSPS) is 9.71. The van der Waals surface area contributed by atoms with Crippen molar-refractivity contribution in [3.63, 3.8) is 0 Å². The van der Waals surface area contributed by atoms with Gasteiger partial charge in [-0.3, -0.25) is 0 Å². The fourth-order valence-corrected chi connectivity index (χ4v) is 2.14. The number of carbonyl (C=O) groups is 2. The molecule has 0 aliphatic heterocycles. The third-order valence-electron chi connectivity index (χ3n) is 3.64. The molecule has 1 N–H and O–H groups in total. The molecule has 0 unspecified atom stereocenters. The topological polar surface area (TPSA) is 126 Å². The first-order valence-corrected chi connectivity index (χ1v) is 9.56. The van der Waals surface area contributed by atoms with Crippen molar-refractivity contribution in [1.29, 1.82) is 0 Å². The summed E-state index contributed by atoms with van der Waals surface area (Å²) in [4.78, 5) is 29.5. The van der Waals surface area contributed by atoms with Crippen molar-refractivity contribution in [3.8, 4) is 23.0 Å². The maximum Gasteiger partial charge on any atom is 0.356 e. The lowest BCUT2D eigenvalue weighted by Gasteiger charge is -2.10. The van der Waals surface area contributed by atoms with Gasteiger partial charge in [0, 0.05) is 12.1 Å². The molecule has 170 valence electrons. The summed E-state index contributed by atoms with van der Waals surface area (Å²) >= 11 is 0. The number of aromatic nitrogens is 2. The van der Waals surface area contributed by atoms with Crippen LogP contribution in [-0.4, -0.2) is 61.6 Å². The lowest BCUT2D eigenvalue weighted by atomic mass is 10.3. The molecule has 0 amide bonds. The average Bonchev–Trinajstić information content (AvgIpc) is 2.80. The van der Waals surface area contributed by atoms with E-state index in [0.717, 1.165) is 12.8 Å². The highest BCUT2D eigenvalue weighted by molar-refractivity contribution is 5.87. The number of nitrogens with zero attached hydrogens (tertiary/aromatic N) is 2. The molecule has 31 heavy (non-hydrogen) atoms. The second-order valence-corrected chi connectivity index (χ2v) is 5.93. The van der Waals surface area contributed by atoms with Gasteiger partial charge in [0.2, 0.25) is 0 Å². The highest BCUT2D eigenvalue weighted by Crippen LogP contribution is 2.27. The molecule has 0 bridgehead atoms. The number of hydrogen-bond acceptors (Lipinski definition) is 9. The van der Waals surface area contributed by atoms with Crippen LogP contribution in [-0.2, 0) is 4.74 Å². The lowest BCUT2D eigenvalue weighted by molar-refractivity contribution is 0.0592. The summed E-state index contributed by atoms with van der Waals surface area (Å²) in [5, 5.41) is 8.71. The molecule has 2 rings (SSSR count). The molecule has 0 saturated carbocycles. The summed E-state index contributed by atoms with van der Waals surface area (Å²) in [7, 11) is 4.27. The van der Waals surface area contributed by atoms with Gasteiger partial charge in [-0.15, -0.1) is 0 Å². The van der Waals surface area contributed by atoms with Crippen molar-refractivity contribution < 1.29 is 38.4 Å². The second-order valence-electron chi connectivity index (χ2n) is 5.93. The van der Waals surface area contributed by atoms with Gasteiger partial charge < -0.3 is 28.8 Å². The zero-order valence-corrected chi connectivity index (χ0v) is 18.3. The largest absolute Gasteiger partial charge is 0.493 e. The minimum absolute atomic E-state index is 0.0595. The van der Waals surface area contributed by atoms with Gasteiger partial charge in [-0.05, 0) is 12.8 Å². The quantitative estimate of drug-likeness (QED) is 0.555. The van der Waals surface area contributed by atoms with E-state index in [1.54, 1.807) is 0 Å². The number of aromatic carboxylic acids is 1. The summed E-state index contributed by atoms with van der Waals surface area (Å²) in [6.07, 6.45) is 4.57. The van der Waals surface area contributed by atoms with E-state index in [9.17, 15) is 9.59 Å². The fourth-order valence-electron chi connectivity index (χ4n) is 2.14. The molecule has 0 fully saturated rings. The van der Waals surface area contributed by atoms with Crippen LogP contribution in [0.2, 0.25) is 0 Å². The molecule has 0 saturated heterocycles. The maximum absolute atomic E-state index is 11.2. The molecular weight excluding hydrogens is 408 g/mol. The van der Waals surface area contributed by atoms with E-state index in [1.165, 1.54) is 45.9 Å². The van der Waals surface area contributed by atoms with Crippen molar-refractivity contribution in [2.45, 2.75) is 26.7 Å². The van der Waals surface area contributed by atoms with Crippen LogP contribution >= 0.6 is 0 Å². The van der Waals surface area contributed by atoms with Crippen LogP contribution in [0, 0.1) is 0 Å². The molecule has 0 atom stereocenters. The van der Waals surface area contributed by atoms with Crippen LogP contribution in [0.15, 0.2) is 24.5 Å². The van der Waals surface area contributed by atoms with Crippen LogP contribution in [0.5, 0.6) is 23.0 Å². The van der Waals surface area contributed by atoms with E-state index in [1.807, 2.05) is 13.8 Å². The summed E-state index contributed by atoms with van der Waals surface area (Å²) < 4.78 is 25.4. The Morgan fingerprint density at radius 3 is 1.65 bits per heavy atom. The molecule has 0 aliphatic rings. The Bertz CT molecular complexity index is 857. The number of carboxylic acids is 1.